The summed E-state index contributed by atoms with van der Waals surface area (Å²) >= 11 is 0. The molecule has 0 radical (unpaired) electrons. The Labute approximate surface area is 336 Å². The van der Waals surface area contributed by atoms with Gasteiger partial charge in [0.25, 0.3) is 5.69 Å². The Balaban J connectivity index is 1.58. The quantitative estimate of drug-likeness (QED) is 0.0523. The third-order valence-corrected chi connectivity index (χ3v) is 8.47. The molecule has 0 fully saturated rings. The van der Waals surface area contributed by atoms with Gasteiger partial charge in [0, 0.05) is 42.9 Å². The van der Waals surface area contributed by atoms with E-state index < -0.39 is 40.3 Å². The van der Waals surface area contributed by atoms with Crippen molar-refractivity contribution in [3.63, 3.8) is 0 Å². The lowest BCUT2D eigenvalue weighted by Crippen LogP contribution is -2.57. The zero-order valence-corrected chi connectivity index (χ0v) is 33.3. The summed E-state index contributed by atoms with van der Waals surface area (Å²) < 4.78 is 17.0. The van der Waals surface area contributed by atoms with Crippen molar-refractivity contribution in [3.8, 4) is 0 Å². The first kappa shape index (κ1) is 42.3. The second kappa shape index (κ2) is 18.4. The zero-order chi connectivity index (χ0) is 42.0. The number of aromatic nitrogens is 1. The second-order valence-corrected chi connectivity index (χ2v) is 15.5. The van der Waals surface area contributed by atoms with E-state index in [1.807, 2.05) is 30.3 Å². The monoisotopic (exact) mass is 789 g/mol. The van der Waals surface area contributed by atoms with Crippen LogP contribution in [0.1, 0.15) is 76.3 Å². The van der Waals surface area contributed by atoms with Crippen molar-refractivity contribution in [3.05, 3.63) is 148 Å². The molecule has 0 spiro atoms. The van der Waals surface area contributed by atoms with Gasteiger partial charge in [-0.15, -0.1) is 5.01 Å². The summed E-state index contributed by atoms with van der Waals surface area (Å²) in [5.41, 5.74) is 0.373. The summed E-state index contributed by atoms with van der Waals surface area (Å²) in [6, 6.07) is 27.4. The summed E-state index contributed by atoms with van der Waals surface area (Å²) in [5, 5.41) is 17.7. The number of esters is 1. The predicted octanol–water partition coefficient (Wildman–Crippen LogP) is 8.77. The number of anilines is 1. The number of aryl methyl sites for hydroxylation is 1. The lowest BCUT2D eigenvalue weighted by Gasteiger charge is -2.40. The number of hydrogen-bond acceptors (Lipinski definition) is 11. The number of hydrazine groups is 1. The summed E-state index contributed by atoms with van der Waals surface area (Å²) in [4.78, 5) is 71.1. The minimum Gasteiger partial charge on any atom is -0.461 e. The number of ether oxygens (including phenoxy) is 3. The highest BCUT2D eigenvalue weighted by Crippen LogP contribution is 2.34. The fraction of sp³-hybridized carbons (Fsp3) is 0.295. The van der Waals surface area contributed by atoms with E-state index in [0.29, 0.717) is 27.9 Å². The number of rotatable bonds is 13. The summed E-state index contributed by atoms with van der Waals surface area (Å²) in [6.07, 6.45) is 1.46. The standard InChI is InChI=1S/C44H47N5O9/c1-43(2,3)57-41(52)48(42(53)58-44(4,5)6)47(36-21-20-35-28-45-24-23-34(35)26-36)39(40(51)46-27-32-13-10-14-37(25-32)49(54)55)33-18-15-30(16-19-33)17-22-38(50)56-29-31-11-8-7-9-12-31/h7-16,18-21,23-26,28,39H,17,22,27,29H2,1-6H3,(H,46,51). The Hall–Kier alpha value is -6.83. The number of nitrogens with one attached hydrogen (secondary N) is 1. The molecule has 3 amide bonds. The lowest BCUT2D eigenvalue weighted by molar-refractivity contribution is -0.384. The zero-order valence-electron chi connectivity index (χ0n) is 33.3. The topological polar surface area (TPSA) is 171 Å². The van der Waals surface area contributed by atoms with Gasteiger partial charge < -0.3 is 19.5 Å². The molecular formula is C44H47N5O9. The molecule has 0 aliphatic heterocycles. The van der Waals surface area contributed by atoms with Gasteiger partial charge >= 0.3 is 18.2 Å². The van der Waals surface area contributed by atoms with Crippen molar-refractivity contribution in [2.75, 3.05) is 5.01 Å². The van der Waals surface area contributed by atoms with Crippen molar-refractivity contribution in [2.45, 2.75) is 84.8 Å². The molecule has 302 valence electrons. The molecule has 0 saturated heterocycles. The molecule has 14 heteroatoms. The van der Waals surface area contributed by atoms with Gasteiger partial charge in [0.2, 0.25) is 5.91 Å². The van der Waals surface area contributed by atoms with Gasteiger partial charge in [-0.2, -0.15) is 0 Å². The molecule has 1 heterocycles. The van der Waals surface area contributed by atoms with Gasteiger partial charge in [-0.1, -0.05) is 72.8 Å². The molecule has 1 N–H and O–H groups in total. The van der Waals surface area contributed by atoms with Gasteiger partial charge in [-0.25, -0.2) is 9.59 Å². The van der Waals surface area contributed by atoms with Crippen LogP contribution in [0.25, 0.3) is 10.8 Å². The van der Waals surface area contributed by atoms with Crippen molar-refractivity contribution in [2.24, 2.45) is 0 Å². The van der Waals surface area contributed by atoms with Crippen LogP contribution < -0.4 is 10.3 Å². The highest BCUT2D eigenvalue weighted by molar-refractivity contribution is 5.95. The molecular weight excluding hydrogens is 743 g/mol. The van der Waals surface area contributed by atoms with Crippen LogP contribution in [-0.4, -0.2) is 50.2 Å². The largest absolute Gasteiger partial charge is 0.461 e. The predicted molar refractivity (Wildman–Crippen MR) is 217 cm³/mol. The van der Waals surface area contributed by atoms with Crippen LogP contribution in [0.15, 0.2) is 116 Å². The third-order valence-electron chi connectivity index (χ3n) is 8.47. The Morgan fingerprint density at radius 2 is 1.41 bits per heavy atom. The SMILES string of the molecule is CC(C)(C)OC(=O)N(C(=O)OC(C)(C)C)N(c1ccc2cnccc2c1)C(C(=O)NCc1cccc([N+](=O)[O-])c1)c1ccc(CCC(=O)OCc2ccccc2)cc1. The molecule has 0 bridgehead atoms. The molecule has 0 saturated carbocycles. The number of imide groups is 1. The van der Waals surface area contributed by atoms with Crippen LogP contribution in [-0.2, 0) is 43.4 Å². The number of nitrogens with zero attached hydrogens (tertiary/aromatic N) is 4. The first-order valence-electron chi connectivity index (χ1n) is 18.7. The lowest BCUT2D eigenvalue weighted by atomic mass is 10.0. The molecule has 58 heavy (non-hydrogen) atoms. The molecule has 1 atom stereocenters. The molecule has 14 nitrogen and oxygen atoms in total. The molecule has 5 rings (SSSR count). The normalized spacial score (nSPS) is 11.9. The van der Waals surface area contributed by atoms with E-state index in [4.69, 9.17) is 14.2 Å². The summed E-state index contributed by atoms with van der Waals surface area (Å²) in [7, 11) is 0. The van der Waals surface area contributed by atoms with Gasteiger partial charge in [-0.05, 0) is 93.8 Å². The smallest absolute Gasteiger partial charge is 0.439 e. The van der Waals surface area contributed by atoms with Crippen LogP contribution in [0, 0.1) is 10.1 Å². The first-order valence-corrected chi connectivity index (χ1v) is 18.7. The highest BCUT2D eigenvalue weighted by Gasteiger charge is 2.42. The van der Waals surface area contributed by atoms with E-state index in [-0.39, 0.29) is 36.9 Å². The Morgan fingerprint density at radius 1 is 0.759 bits per heavy atom. The van der Waals surface area contributed by atoms with Crippen LogP contribution in [0.5, 0.6) is 0 Å². The number of fused-ring (bicyclic) bond motifs is 1. The number of carbonyl (C=O) groups excluding carboxylic acids is 4. The number of nitro benzene ring substituents is 1. The number of hydrogen-bond donors (Lipinski definition) is 1. The second-order valence-electron chi connectivity index (χ2n) is 15.5. The van der Waals surface area contributed by atoms with Gasteiger partial charge in [0.15, 0.2) is 6.04 Å². The number of benzene rings is 4. The minimum absolute atomic E-state index is 0.0996. The summed E-state index contributed by atoms with van der Waals surface area (Å²) in [6.45, 7) is 9.89. The van der Waals surface area contributed by atoms with E-state index >= 15 is 0 Å². The van der Waals surface area contributed by atoms with E-state index in [0.717, 1.165) is 16.5 Å². The Kier molecular flexibility index (Phi) is 13.4. The van der Waals surface area contributed by atoms with E-state index in [1.54, 1.807) is 109 Å². The molecule has 4 aromatic carbocycles. The highest BCUT2D eigenvalue weighted by atomic mass is 16.6. The fourth-order valence-electron chi connectivity index (χ4n) is 5.85. The van der Waals surface area contributed by atoms with Crippen LogP contribution in [0.4, 0.5) is 21.0 Å². The van der Waals surface area contributed by atoms with Crippen LogP contribution in [0.2, 0.25) is 0 Å². The molecule has 5 aromatic rings. The number of amides is 3. The van der Waals surface area contributed by atoms with Crippen molar-refractivity contribution >= 4 is 46.2 Å². The fourth-order valence-corrected chi connectivity index (χ4v) is 5.85. The molecule has 0 aliphatic carbocycles. The maximum atomic E-state index is 14.7. The van der Waals surface area contributed by atoms with Gasteiger partial charge in [0.05, 0.1) is 10.6 Å². The van der Waals surface area contributed by atoms with Crippen LogP contribution >= 0.6 is 0 Å². The van der Waals surface area contributed by atoms with Gasteiger partial charge in [-0.3, -0.25) is 29.7 Å². The molecule has 1 aromatic heterocycles. The average Bonchev–Trinajstić information content (AvgIpc) is 3.17. The Morgan fingerprint density at radius 3 is 2.05 bits per heavy atom. The number of pyridine rings is 1. The van der Waals surface area contributed by atoms with Gasteiger partial charge in [0.1, 0.15) is 17.8 Å². The number of non-ortho nitro benzene ring substituents is 1. The average molecular weight is 790 g/mol. The molecule has 0 aliphatic rings. The summed E-state index contributed by atoms with van der Waals surface area (Å²) in [5.74, 6) is -1.05. The molecule has 1 unspecified atom stereocenters. The van der Waals surface area contributed by atoms with Crippen molar-refractivity contribution < 1.29 is 38.3 Å². The number of carbonyl (C=O) groups is 4. The maximum Gasteiger partial charge on any atom is 0.439 e. The van der Waals surface area contributed by atoms with E-state index in [1.165, 1.54) is 23.2 Å². The van der Waals surface area contributed by atoms with Crippen molar-refractivity contribution in [1.29, 1.82) is 0 Å². The number of nitro groups is 1. The van der Waals surface area contributed by atoms with Crippen molar-refractivity contribution in [1.82, 2.24) is 15.3 Å². The van der Waals surface area contributed by atoms with E-state index in [2.05, 4.69) is 10.3 Å². The van der Waals surface area contributed by atoms with Crippen LogP contribution in [0.3, 0.4) is 0 Å². The first-order chi connectivity index (χ1) is 27.5. The Bertz CT molecular complexity index is 2220. The van der Waals surface area contributed by atoms with E-state index in [9.17, 15) is 29.3 Å². The maximum absolute atomic E-state index is 14.7. The third kappa shape index (κ3) is 11.8. The minimum atomic E-state index is -1.44.